The molecule has 0 aliphatic rings. The van der Waals surface area contributed by atoms with Gasteiger partial charge in [0.05, 0.1) is 26.4 Å². The number of hydrogen-bond donors (Lipinski definition) is 2. The molecule has 4 rings (SSSR count). The number of amides is 1. The van der Waals surface area contributed by atoms with Crippen LogP contribution in [0.15, 0.2) is 78.9 Å². The predicted molar refractivity (Wildman–Crippen MR) is 159 cm³/mol. The van der Waals surface area contributed by atoms with Gasteiger partial charge in [-0.25, -0.2) is 0 Å². The summed E-state index contributed by atoms with van der Waals surface area (Å²) in [6.07, 6.45) is -3.76. The second kappa shape index (κ2) is 14.3. The van der Waals surface area contributed by atoms with Crippen molar-refractivity contribution < 1.29 is 37.3 Å². The van der Waals surface area contributed by atoms with E-state index in [1.54, 1.807) is 44.6 Å². The van der Waals surface area contributed by atoms with Gasteiger partial charge in [-0.15, -0.1) is 0 Å². The summed E-state index contributed by atoms with van der Waals surface area (Å²) in [6, 6.07) is 20.5. The lowest BCUT2D eigenvalue weighted by molar-refractivity contribution is -0.137. The monoisotopic (exact) mass is 596 g/mol. The molecule has 0 radical (unpaired) electrons. The highest BCUT2D eigenvalue weighted by Crippen LogP contribution is 2.34. The van der Waals surface area contributed by atoms with Gasteiger partial charge in [0.25, 0.3) is 5.91 Å². The third-order valence-corrected chi connectivity index (χ3v) is 7.07. The molecule has 10 heteroatoms. The molecule has 43 heavy (non-hydrogen) atoms. The van der Waals surface area contributed by atoms with E-state index in [-0.39, 0.29) is 24.3 Å². The summed E-state index contributed by atoms with van der Waals surface area (Å²) in [5.41, 5.74) is 0.689. The quantitative estimate of drug-likeness (QED) is 0.180. The molecule has 1 atom stereocenters. The number of fused-ring (bicyclic) bond motifs is 1. The Kier molecular flexibility index (Phi) is 10.5. The van der Waals surface area contributed by atoms with Gasteiger partial charge in [-0.05, 0) is 73.3 Å². The van der Waals surface area contributed by atoms with Gasteiger partial charge in [0, 0.05) is 48.3 Å². The molecule has 0 aliphatic heterocycles. The van der Waals surface area contributed by atoms with Crippen molar-refractivity contribution in [2.24, 2.45) is 0 Å². The molecular weight excluding hydrogens is 561 g/mol. The van der Waals surface area contributed by atoms with Crippen LogP contribution in [0.3, 0.4) is 0 Å². The Bertz CT molecular complexity index is 1530. The first-order valence-electron chi connectivity index (χ1n) is 13.8. The molecule has 7 nitrogen and oxygen atoms in total. The Labute approximate surface area is 248 Å². The van der Waals surface area contributed by atoms with Crippen LogP contribution in [0.2, 0.25) is 0 Å². The lowest BCUT2D eigenvalue weighted by Gasteiger charge is -2.24. The molecule has 0 heterocycles. The third-order valence-electron chi connectivity index (χ3n) is 7.07. The highest BCUT2D eigenvalue weighted by molar-refractivity contribution is 6.00. The molecule has 4 aromatic rings. The largest absolute Gasteiger partial charge is 0.497 e. The van der Waals surface area contributed by atoms with E-state index in [0.717, 1.165) is 28.5 Å². The molecule has 0 fully saturated rings. The molecule has 2 N–H and O–H groups in total. The standard InChI is InChI=1S/C33H35F3N2O5/c1-22(15-16-38(17-18-39)21-25-7-11-28(41-2)20-31(25)42-3)37-32(40)24-8-14-29-23(19-24)5-4-6-30(29)43-27-12-9-26(10-13-27)33(34,35)36/h4-14,19-20,22,39H,15-18,21H2,1-3H3,(H,37,40). The molecule has 0 bridgehead atoms. The van der Waals surface area contributed by atoms with Gasteiger partial charge in [-0.3, -0.25) is 9.69 Å². The zero-order chi connectivity index (χ0) is 31.0. The van der Waals surface area contributed by atoms with Crippen LogP contribution >= 0.6 is 0 Å². The highest BCUT2D eigenvalue weighted by Gasteiger charge is 2.30. The Balaban J connectivity index is 1.38. The van der Waals surface area contributed by atoms with Crippen molar-refractivity contribution in [2.45, 2.75) is 32.1 Å². The van der Waals surface area contributed by atoms with E-state index < -0.39 is 11.7 Å². The molecule has 1 amide bonds. The fourth-order valence-corrected chi connectivity index (χ4v) is 4.71. The average molecular weight is 597 g/mol. The van der Waals surface area contributed by atoms with Crippen molar-refractivity contribution in [3.05, 3.63) is 95.6 Å². The van der Waals surface area contributed by atoms with Crippen molar-refractivity contribution in [2.75, 3.05) is 33.9 Å². The number of hydrogen-bond acceptors (Lipinski definition) is 6. The molecule has 0 aliphatic carbocycles. The number of carbonyl (C=O) groups excluding carboxylic acids is 1. The average Bonchev–Trinajstić information content (AvgIpc) is 2.99. The van der Waals surface area contributed by atoms with Crippen LogP contribution in [0.5, 0.6) is 23.0 Å². The SMILES string of the molecule is COc1ccc(CN(CCO)CCC(C)NC(=O)c2ccc3c(Oc4ccc(C(F)(F)F)cc4)cccc3c2)c(OC)c1. The molecule has 0 spiro atoms. The van der Waals surface area contributed by atoms with Crippen LogP contribution in [0, 0.1) is 0 Å². The van der Waals surface area contributed by atoms with E-state index >= 15 is 0 Å². The summed E-state index contributed by atoms with van der Waals surface area (Å²) in [6.45, 7) is 3.60. The normalized spacial score (nSPS) is 12.3. The molecular formula is C33H35F3N2O5. The van der Waals surface area contributed by atoms with Crippen LogP contribution in [-0.4, -0.2) is 55.9 Å². The van der Waals surface area contributed by atoms with Crippen LogP contribution in [0.1, 0.15) is 34.8 Å². The number of benzene rings is 4. The Morgan fingerprint density at radius 1 is 0.907 bits per heavy atom. The van der Waals surface area contributed by atoms with Gasteiger partial charge in [0.1, 0.15) is 23.0 Å². The van der Waals surface area contributed by atoms with E-state index in [1.807, 2.05) is 31.2 Å². The summed E-state index contributed by atoms with van der Waals surface area (Å²) >= 11 is 0. The second-order valence-corrected chi connectivity index (χ2v) is 10.2. The summed E-state index contributed by atoms with van der Waals surface area (Å²) in [4.78, 5) is 15.2. The number of ether oxygens (including phenoxy) is 3. The van der Waals surface area contributed by atoms with Crippen molar-refractivity contribution in [3.8, 4) is 23.0 Å². The van der Waals surface area contributed by atoms with Crippen molar-refractivity contribution >= 4 is 16.7 Å². The van der Waals surface area contributed by atoms with Crippen LogP contribution in [-0.2, 0) is 12.7 Å². The molecule has 228 valence electrons. The fourth-order valence-electron chi connectivity index (χ4n) is 4.71. The Hall–Kier alpha value is -4.28. The first-order chi connectivity index (χ1) is 20.6. The van der Waals surface area contributed by atoms with Gasteiger partial charge in [0.15, 0.2) is 0 Å². The number of aliphatic hydroxyl groups is 1. The van der Waals surface area contributed by atoms with E-state index in [4.69, 9.17) is 14.2 Å². The summed E-state index contributed by atoms with van der Waals surface area (Å²) in [5, 5.41) is 14.1. The van der Waals surface area contributed by atoms with E-state index in [1.165, 1.54) is 12.1 Å². The van der Waals surface area contributed by atoms with Crippen molar-refractivity contribution in [1.29, 1.82) is 0 Å². The maximum absolute atomic E-state index is 13.1. The van der Waals surface area contributed by atoms with Gasteiger partial charge in [-0.2, -0.15) is 13.2 Å². The van der Waals surface area contributed by atoms with Crippen molar-refractivity contribution in [1.82, 2.24) is 10.2 Å². The third kappa shape index (κ3) is 8.39. The zero-order valence-electron chi connectivity index (χ0n) is 24.3. The fraction of sp³-hybridized carbons (Fsp3) is 0.303. The topological polar surface area (TPSA) is 80.3 Å². The van der Waals surface area contributed by atoms with Gasteiger partial charge in [0.2, 0.25) is 0 Å². The number of nitrogens with one attached hydrogen (secondary N) is 1. The maximum atomic E-state index is 13.1. The van der Waals surface area contributed by atoms with Crippen molar-refractivity contribution in [3.63, 3.8) is 0 Å². The molecule has 0 saturated heterocycles. The first kappa shape index (κ1) is 31.7. The Morgan fingerprint density at radius 2 is 1.65 bits per heavy atom. The van der Waals surface area contributed by atoms with Crippen LogP contribution in [0.25, 0.3) is 10.8 Å². The predicted octanol–water partition coefficient (Wildman–Crippen LogP) is 6.67. The number of rotatable bonds is 13. The number of aliphatic hydroxyl groups excluding tert-OH is 1. The smallest absolute Gasteiger partial charge is 0.416 e. The zero-order valence-corrected chi connectivity index (χ0v) is 24.3. The number of carbonyl (C=O) groups is 1. The lowest BCUT2D eigenvalue weighted by Crippen LogP contribution is -2.36. The summed E-state index contributed by atoms with van der Waals surface area (Å²) in [7, 11) is 3.20. The van der Waals surface area contributed by atoms with Gasteiger partial charge < -0.3 is 24.6 Å². The lowest BCUT2D eigenvalue weighted by atomic mass is 10.1. The number of nitrogens with zero attached hydrogens (tertiary/aromatic N) is 1. The minimum atomic E-state index is -4.42. The minimum Gasteiger partial charge on any atom is -0.497 e. The second-order valence-electron chi connectivity index (χ2n) is 10.2. The van der Waals surface area contributed by atoms with E-state index in [0.29, 0.717) is 48.9 Å². The minimum absolute atomic E-state index is 0.000863. The van der Waals surface area contributed by atoms with E-state index in [2.05, 4.69) is 10.2 Å². The maximum Gasteiger partial charge on any atom is 0.416 e. The molecule has 1 unspecified atom stereocenters. The number of alkyl halides is 3. The summed E-state index contributed by atoms with van der Waals surface area (Å²) in [5.74, 6) is 1.91. The van der Waals surface area contributed by atoms with Gasteiger partial charge in [-0.1, -0.05) is 18.2 Å². The molecule has 4 aromatic carbocycles. The highest BCUT2D eigenvalue weighted by atomic mass is 19.4. The molecule has 0 aromatic heterocycles. The van der Waals surface area contributed by atoms with Crippen LogP contribution in [0.4, 0.5) is 13.2 Å². The first-order valence-corrected chi connectivity index (χ1v) is 13.8. The number of methoxy groups -OCH3 is 2. The summed E-state index contributed by atoms with van der Waals surface area (Å²) < 4.78 is 55.3. The Morgan fingerprint density at radius 3 is 2.33 bits per heavy atom. The van der Waals surface area contributed by atoms with Crippen LogP contribution < -0.4 is 19.5 Å². The molecule has 0 saturated carbocycles. The van der Waals surface area contributed by atoms with Gasteiger partial charge >= 0.3 is 6.18 Å². The van der Waals surface area contributed by atoms with E-state index in [9.17, 15) is 23.1 Å². The number of halogens is 3.